The van der Waals surface area contributed by atoms with Crippen LogP contribution in [0.3, 0.4) is 0 Å². The molecule has 6 aromatic rings. The second-order valence-electron chi connectivity index (χ2n) is 15.4. The van der Waals surface area contributed by atoms with Crippen LogP contribution in [0.1, 0.15) is 61.4 Å². The number of carboxylic acid groups (broad SMARTS) is 2. The zero-order valence-corrected chi connectivity index (χ0v) is 38.9. The number of anilines is 2. The Balaban J connectivity index is 0.000000251. The molecule has 0 fully saturated rings. The molecule has 14 nitrogen and oxygen atoms in total. The number of aliphatic carboxylic acids is 2. The topological polar surface area (TPSA) is 201 Å². The van der Waals surface area contributed by atoms with Gasteiger partial charge in [0.2, 0.25) is 0 Å². The van der Waals surface area contributed by atoms with Crippen molar-refractivity contribution in [2.24, 2.45) is 0 Å². The number of amides is 2. The van der Waals surface area contributed by atoms with Gasteiger partial charge in [-0.1, -0.05) is 83.9 Å². The maximum Gasteiger partial charge on any atom is 0.326 e. The van der Waals surface area contributed by atoms with Crippen LogP contribution in [-0.2, 0) is 22.4 Å². The van der Waals surface area contributed by atoms with Gasteiger partial charge < -0.3 is 41.0 Å². The number of hydrogen-bond acceptors (Lipinski definition) is 10. The van der Waals surface area contributed by atoms with Gasteiger partial charge in [-0.15, -0.1) is 0 Å². The molecule has 2 atom stereocenters. The van der Waals surface area contributed by atoms with Gasteiger partial charge in [-0.2, -0.15) is 0 Å². The van der Waals surface area contributed by atoms with Crippen molar-refractivity contribution in [3.8, 4) is 11.5 Å². The van der Waals surface area contributed by atoms with Crippen LogP contribution in [0.5, 0.6) is 11.5 Å². The van der Waals surface area contributed by atoms with E-state index in [2.05, 4.69) is 31.2 Å². The van der Waals surface area contributed by atoms with E-state index in [1.165, 1.54) is 0 Å². The number of nitrogens with one attached hydrogen (secondary N) is 4. The van der Waals surface area contributed by atoms with Crippen LogP contribution < -0.4 is 30.7 Å². The smallest absolute Gasteiger partial charge is 0.326 e. The van der Waals surface area contributed by atoms with Gasteiger partial charge in [-0.05, 0) is 116 Å². The van der Waals surface area contributed by atoms with Crippen molar-refractivity contribution in [2.45, 2.75) is 58.5 Å². The molecule has 67 heavy (non-hydrogen) atoms. The fourth-order valence-electron chi connectivity index (χ4n) is 6.71. The summed E-state index contributed by atoms with van der Waals surface area (Å²) in [5.74, 6) is -0.204. The summed E-state index contributed by atoms with van der Waals surface area (Å²) in [6.45, 7) is 7.95. The number of carboxylic acids is 2. The van der Waals surface area contributed by atoms with Gasteiger partial charge in [0.15, 0.2) is 0 Å². The number of aryl methyl sites for hydroxylation is 3. The third-order valence-electron chi connectivity index (χ3n) is 10.3. The lowest BCUT2D eigenvalue weighted by Crippen LogP contribution is -2.42. The quantitative estimate of drug-likeness (QED) is 0.0354. The van der Waals surface area contributed by atoms with E-state index in [0.717, 1.165) is 59.8 Å². The lowest BCUT2D eigenvalue weighted by atomic mass is 10.0. The first-order valence-electron chi connectivity index (χ1n) is 21.6. The average molecular weight is 950 g/mol. The molecule has 0 aliphatic rings. The average Bonchev–Trinajstić information content (AvgIpc) is 3.31. The number of nitrogens with zero attached hydrogens (tertiary/aromatic N) is 2. The van der Waals surface area contributed by atoms with Gasteiger partial charge in [0, 0.05) is 43.9 Å². The molecule has 6 rings (SSSR count). The maximum atomic E-state index is 12.7. The number of pyridine rings is 2. The lowest BCUT2D eigenvalue weighted by Gasteiger charge is -2.17. The molecule has 2 amide bonds. The number of carbonyl (C=O) groups is 4. The Morgan fingerprint density at radius 3 is 1.42 bits per heavy atom. The molecule has 16 heteroatoms. The Hall–Kier alpha value is -7.16. The molecule has 0 unspecified atom stereocenters. The summed E-state index contributed by atoms with van der Waals surface area (Å²) in [5, 5.41) is 31.2. The van der Waals surface area contributed by atoms with Crippen molar-refractivity contribution in [1.29, 1.82) is 0 Å². The molecule has 350 valence electrons. The molecule has 0 aliphatic carbocycles. The number of aromatic nitrogens is 2. The van der Waals surface area contributed by atoms with Crippen LogP contribution in [0.2, 0.25) is 10.0 Å². The maximum absolute atomic E-state index is 12.7. The molecule has 2 aromatic heterocycles. The number of benzene rings is 4. The zero-order valence-electron chi connectivity index (χ0n) is 37.4. The molecule has 0 radical (unpaired) electrons. The van der Waals surface area contributed by atoms with Crippen LogP contribution >= 0.6 is 23.2 Å². The van der Waals surface area contributed by atoms with Crippen molar-refractivity contribution in [2.75, 3.05) is 36.9 Å². The lowest BCUT2D eigenvalue weighted by molar-refractivity contribution is -0.140. The molecule has 6 N–H and O–H groups in total. The first-order valence-corrected chi connectivity index (χ1v) is 22.4. The van der Waals surface area contributed by atoms with Crippen molar-refractivity contribution in [3.05, 3.63) is 177 Å². The Morgan fingerprint density at radius 1 is 0.552 bits per heavy atom. The summed E-state index contributed by atoms with van der Waals surface area (Å²) in [7, 11) is 0. The fourth-order valence-corrected chi connectivity index (χ4v) is 7.25. The second kappa shape index (κ2) is 26.1. The van der Waals surface area contributed by atoms with E-state index in [9.17, 15) is 29.4 Å². The van der Waals surface area contributed by atoms with E-state index in [1.807, 2.05) is 92.7 Å². The number of hydrogen-bond donors (Lipinski definition) is 6. The van der Waals surface area contributed by atoms with Crippen LogP contribution in [0.4, 0.5) is 11.6 Å². The van der Waals surface area contributed by atoms with Gasteiger partial charge in [0.25, 0.3) is 11.8 Å². The Labute approximate surface area is 400 Å². The van der Waals surface area contributed by atoms with E-state index in [0.29, 0.717) is 35.8 Å². The van der Waals surface area contributed by atoms with Crippen molar-refractivity contribution in [1.82, 2.24) is 20.6 Å². The highest BCUT2D eigenvalue weighted by Crippen LogP contribution is 2.28. The molecule has 2 heterocycles. The highest BCUT2D eigenvalue weighted by atomic mass is 35.5. The summed E-state index contributed by atoms with van der Waals surface area (Å²) in [5.41, 5.74) is 4.42. The summed E-state index contributed by atoms with van der Waals surface area (Å²) in [4.78, 5) is 57.3. The predicted octanol–water partition coefficient (Wildman–Crippen LogP) is 9.01. The Kier molecular flexibility index (Phi) is 19.8. The van der Waals surface area contributed by atoms with Crippen LogP contribution in [0.15, 0.2) is 128 Å². The van der Waals surface area contributed by atoms with Gasteiger partial charge in [-0.25, -0.2) is 19.6 Å². The molecule has 0 bridgehead atoms. The standard InChI is InChI=1S/C26H29N3O4.C25H25Cl2N3O4/c1-18-7-5-8-19(2)24(18)25(30)29-22(26(31)32)17-20-10-12-21(13-11-20)33-16-6-15-28-23-9-3-4-14-27-23;1-16-6-11-19(26)22(23(16)27)24(31)30-20(25(32)33)15-17-7-9-18(10-8-17)34-14-4-13-29-21-5-2-3-12-28-21/h3-5,7-14,22H,6,15-17H2,1-2H3,(H,27,28)(H,29,30)(H,31,32);2-3,5-12,20H,4,13-15H2,1H3,(H,28,29)(H,30,31)(H,32,33)/t22-;20-/m00/s1. The predicted molar refractivity (Wildman–Crippen MR) is 261 cm³/mol. The Bertz CT molecular complexity index is 2530. The largest absolute Gasteiger partial charge is 0.494 e. The number of carbonyl (C=O) groups excluding carboxylic acids is 2. The molecule has 0 saturated carbocycles. The normalized spacial score (nSPS) is 11.5. The molecule has 0 saturated heterocycles. The minimum Gasteiger partial charge on any atom is -0.494 e. The zero-order chi connectivity index (χ0) is 48.1. The van der Waals surface area contributed by atoms with Crippen LogP contribution in [0.25, 0.3) is 0 Å². The molecule has 4 aromatic carbocycles. The minimum absolute atomic E-state index is 0.0656. The molecule has 0 spiro atoms. The third-order valence-corrected chi connectivity index (χ3v) is 11.1. The van der Waals surface area contributed by atoms with E-state index in [1.54, 1.807) is 55.7 Å². The molecule has 0 aliphatic heterocycles. The Morgan fingerprint density at radius 2 is 1.00 bits per heavy atom. The fraction of sp³-hybridized carbons (Fsp3) is 0.255. The minimum atomic E-state index is -1.16. The van der Waals surface area contributed by atoms with E-state index in [-0.39, 0.29) is 34.4 Å². The van der Waals surface area contributed by atoms with Crippen molar-refractivity contribution in [3.63, 3.8) is 0 Å². The SMILES string of the molecule is Cc1ccc(Cl)c(C(=O)N[C@@H](Cc2ccc(OCCCNc3ccccn3)cc2)C(=O)O)c1Cl.Cc1cccc(C)c1C(=O)N[C@@H](Cc1ccc(OCCCNc2ccccn2)cc1)C(=O)O. The highest BCUT2D eigenvalue weighted by molar-refractivity contribution is 6.40. The summed E-state index contributed by atoms with van der Waals surface area (Å²) in [6.07, 6.45) is 5.34. The third kappa shape index (κ3) is 16.3. The summed E-state index contributed by atoms with van der Waals surface area (Å²) >= 11 is 12.3. The first-order chi connectivity index (χ1) is 32.3. The van der Waals surface area contributed by atoms with Crippen molar-refractivity contribution < 1.29 is 38.9 Å². The van der Waals surface area contributed by atoms with Gasteiger partial charge >= 0.3 is 11.9 Å². The van der Waals surface area contributed by atoms with E-state index < -0.39 is 29.9 Å². The molecular formula is C51H54Cl2N6O8. The first kappa shape index (κ1) is 50.8. The summed E-state index contributed by atoms with van der Waals surface area (Å²) in [6, 6.07) is 32.4. The van der Waals surface area contributed by atoms with Crippen molar-refractivity contribution >= 4 is 58.6 Å². The number of ether oxygens (including phenoxy) is 2. The monoisotopic (exact) mass is 948 g/mol. The van der Waals surface area contributed by atoms with E-state index in [4.69, 9.17) is 32.7 Å². The van der Waals surface area contributed by atoms with Crippen LogP contribution in [-0.4, -0.2) is 82.3 Å². The van der Waals surface area contributed by atoms with Crippen LogP contribution in [0, 0.1) is 20.8 Å². The highest BCUT2D eigenvalue weighted by Gasteiger charge is 2.25. The van der Waals surface area contributed by atoms with Gasteiger partial charge in [-0.3, -0.25) is 9.59 Å². The van der Waals surface area contributed by atoms with E-state index >= 15 is 0 Å². The number of rotatable bonds is 22. The van der Waals surface area contributed by atoms with Gasteiger partial charge in [0.1, 0.15) is 35.2 Å². The number of halogens is 2. The summed E-state index contributed by atoms with van der Waals surface area (Å²) < 4.78 is 11.5. The second-order valence-corrected chi connectivity index (χ2v) is 16.2. The molecular weight excluding hydrogens is 896 g/mol. The van der Waals surface area contributed by atoms with Gasteiger partial charge in [0.05, 0.1) is 28.8 Å².